The molecule has 2 heterocycles. The maximum absolute atomic E-state index is 12.2. The van der Waals surface area contributed by atoms with Crippen LogP contribution in [0.5, 0.6) is 0 Å². The van der Waals surface area contributed by atoms with Crippen LogP contribution in [0.2, 0.25) is 0 Å². The third kappa shape index (κ3) is 4.24. The summed E-state index contributed by atoms with van der Waals surface area (Å²) in [5.74, 6) is 1.04. The molecule has 2 aromatic rings. The van der Waals surface area contributed by atoms with E-state index in [1.54, 1.807) is 17.6 Å². The maximum atomic E-state index is 12.2. The highest BCUT2D eigenvalue weighted by molar-refractivity contribution is 7.09. The van der Waals surface area contributed by atoms with E-state index in [1.165, 1.54) is 4.88 Å². The van der Waals surface area contributed by atoms with Crippen LogP contribution in [0.1, 0.15) is 36.8 Å². The molecule has 0 saturated carbocycles. The van der Waals surface area contributed by atoms with Crippen molar-refractivity contribution in [2.45, 2.75) is 39.3 Å². The second-order valence-corrected chi connectivity index (χ2v) is 5.54. The molecule has 3 nitrogen and oxygen atoms in total. The Labute approximate surface area is 117 Å². The van der Waals surface area contributed by atoms with Gasteiger partial charge in [-0.15, -0.1) is 11.3 Å². The standard InChI is InChI=1S/C15H19NO2S/c1-2-3-8-15(17)16(11-13-6-4-9-18-13)12-14-7-5-10-19-14/h4-7,9-10H,2-3,8,11-12H2,1H3. The molecule has 0 fully saturated rings. The van der Waals surface area contributed by atoms with E-state index in [2.05, 4.69) is 13.0 Å². The zero-order valence-electron chi connectivity index (χ0n) is 11.2. The van der Waals surface area contributed by atoms with Gasteiger partial charge in [0.05, 0.1) is 19.4 Å². The predicted molar refractivity (Wildman–Crippen MR) is 76.8 cm³/mol. The molecule has 4 heteroatoms. The molecule has 102 valence electrons. The minimum atomic E-state index is 0.201. The summed E-state index contributed by atoms with van der Waals surface area (Å²) < 4.78 is 5.35. The summed E-state index contributed by atoms with van der Waals surface area (Å²) in [6.45, 7) is 3.32. The number of hydrogen-bond acceptors (Lipinski definition) is 3. The molecule has 0 aromatic carbocycles. The van der Waals surface area contributed by atoms with E-state index < -0.39 is 0 Å². The highest BCUT2D eigenvalue weighted by Crippen LogP contribution is 2.16. The van der Waals surface area contributed by atoms with Crippen LogP contribution in [0.4, 0.5) is 0 Å². The molecule has 19 heavy (non-hydrogen) atoms. The van der Waals surface area contributed by atoms with Crippen molar-refractivity contribution in [3.8, 4) is 0 Å². The molecule has 0 aliphatic rings. The summed E-state index contributed by atoms with van der Waals surface area (Å²) in [5.41, 5.74) is 0. The Morgan fingerprint density at radius 1 is 1.32 bits per heavy atom. The number of furan rings is 1. The number of thiophene rings is 1. The molecule has 0 aliphatic carbocycles. The molecule has 0 aliphatic heterocycles. The van der Waals surface area contributed by atoms with Gasteiger partial charge >= 0.3 is 0 Å². The van der Waals surface area contributed by atoms with E-state index in [1.807, 2.05) is 28.5 Å². The van der Waals surface area contributed by atoms with E-state index >= 15 is 0 Å². The number of amides is 1. The predicted octanol–water partition coefficient (Wildman–Crippen LogP) is 4.06. The Bertz CT molecular complexity index is 440. The molecule has 0 atom stereocenters. The van der Waals surface area contributed by atoms with Crippen LogP contribution >= 0.6 is 11.3 Å². The van der Waals surface area contributed by atoms with Crippen molar-refractivity contribution >= 4 is 17.2 Å². The first-order valence-electron chi connectivity index (χ1n) is 6.62. The Hall–Kier alpha value is -1.55. The van der Waals surface area contributed by atoms with E-state index in [4.69, 9.17) is 4.42 Å². The van der Waals surface area contributed by atoms with Gasteiger partial charge in [0, 0.05) is 11.3 Å². The van der Waals surface area contributed by atoms with Crippen LogP contribution in [0.3, 0.4) is 0 Å². The zero-order valence-corrected chi connectivity index (χ0v) is 12.0. The van der Waals surface area contributed by atoms with Gasteiger partial charge in [0.1, 0.15) is 5.76 Å². The fourth-order valence-electron chi connectivity index (χ4n) is 1.90. The largest absolute Gasteiger partial charge is 0.467 e. The fraction of sp³-hybridized carbons (Fsp3) is 0.400. The molecule has 0 radical (unpaired) electrons. The van der Waals surface area contributed by atoms with Crippen LogP contribution < -0.4 is 0 Å². The second-order valence-electron chi connectivity index (χ2n) is 4.51. The summed E-state index contributed by atoms with van der Waals surface area (Å²) in [6, 6.07) is 7.85. The summed E-state index contributed by atoms with van der Waals surface area (Å²) in [7, 11) is 0. The minimum Gasteiger partial charge on any atom is -0.467 e. The number of carbonyl (C=O) groups is 1. The van der Waals surface area contributed by atoms with Gasteiger partial charge in [0.15, 0.2) is 0 Å². The lowest BCUT2D eigenvalue weighted by atomic mass is 10.2. The van der Waals surface area contributed by atoms with E-state index in [0.717, 1.165) is 18.6 Å². The normalized spacial score (nSPS) is 10.6. The first-order valence-corrected chi connectivity index (χ1v) is 7.50. The number of rotatable bonds is 7. The number of carbonyl (C=O) groups excluding carboxylic acids is 1. The SMILES string of the molecule is CCCCC(=O)N(Cc1ccco1)Cc1cccs1. The zero-order chi connectivity index (χ0) is 13.5. The number of hydrogen-bond donors (Lipinski definition) is 0. The quantitative estimate of drug-likeness (QED) is 0.764. The Morgan fingerprint density at radius 2 is 2.21 bits per heavy atom. The van der Waals surface area contributed by atoms with Crippen molar-refractivity contribution in [2.75, 3.05) is 0 Å². The molecule has 0 N–H and O–H groups in total. The summed E-state index contributed by atoms with van der Waals surface area (Å²) in [6.07, 6.45) is 4.25. The summed E-state index contributed by atoms with van der Waals surface area (Å²) in [5, 5.41) is 2.04. The van der Waals surface area contributed by atoms with Crippen LogP contribution in [0.15, 0.2) is 40.3 Å². The molecular weight excluding hydrogens is 258 g/mol. The molecule has 2 rings (SSSR count). The highest BCUT2D eigenvalue weighted by atomic mass is 32.1. The molecule has 0 spiro atoms. The first-order chi connectivity index (χ1) is 9.29. The van der Waals surface area contributed by atoms with Gasteiger partial charge in [0.2, 0.25) is 5.91 Å². The van der Waals surface area contributed by atoms with Gasteiger partial charge in [-0.1, -0.05) is 19.4 Å². The molecule has 0 unspecified atom stereocenters. The lowest BCUT2D eigenvalue weighted by Crippen LogP contribution is -2.29. The third-order valence-corrected chi connectivity index (χ3v) is 3.81. The molecule has 0 saturated heterocycles. The van der Waals surface area contributed by atoms with Crippen molar-refractivity contribution in [1.29, 1.82) is 0 Å². The van der Waals surface area contributed by atoms with Crippen molar-refractivity contribution in [3.63, 3.8) is 0 Å². The molecule has 0 bridgehead atoms. The van der Waals surface area contributed by atoms with Crippen molar-refractivity contribution in [2.24, 2.45) is 0 Å². The highest BCUT2D eigenvalue weighted by Gasteiger charge is 2.15. The van der Waals surface area contributed by atoms with E-state index in [9.17, 15) is 4.79 Å². The van der Waals surface area contributed by atoms with E-state index in [-0.39, 0.29) is 5.91 Å². The number of nitrogens with zero attached hydrogens (tertiary/aromatic N) is 1. The topological polar surface area (TPSA) is 33.5 Å². The Morgan fingerprint density at radius 3 is 2.84 bits per heavy atom. The van der Waals surface area contributed by atoms with Crippen molar-refractivity contribution < 1.29 is 9.21 Å². The van der Waals surface area contributed by atoms with Gasteiger partial charge in [-0.25, -0.2) is 0 Å². The van der Waals surface area contributed by atoms with Gasteiger partial charge < -0.3 is 9.32 Å². The minimum absolute atomic E-state index is 0.201. The fourth-order valence-corrected chi connectivity index (χ4v) is 2.62. The summed E-state index contributed by atoms with van der Waals surface area (Å²) in [4.78, 5) is 15.3. The van der Waals surface area contributed by atoms with Gasteiger partial charge in [-0.05, 0) is 30.0 Å². The monoisotopic (exact) mass is 277 g/mol. The Kier molecular flexibility index (Phi) is 5.21. The maximum Gasteiger partial charge on any atom is 0.223 e. The lowest BCUT2D eigenvalue weighted by Gasteiger charge is -2.21. The first kappa shape index (κ1) is 13.9. The average molecular weight is 277 g/mol. The van der Waals surface area contributed by atoms with Gasteiger partial charge in [-0.3, -0.25) is 4.79 Å². The van der Waals surface area contributed by atoms with Crippen LogP contribution in [-0.4, -0.2) is 10.8 Å². The van der Waals surface area contributed by atoms with Crippen molar-refractivity contribution in [1.82, 2.24) is 4.90 Å². The van der Waals surface area contributed by atoms with Crippen molar-refractivity contribution in [3.05, 3.63) is 46.5 Å². The van der Waals surface area contributed by atoms with Crippen LogP contribution in [-0.2, 0) is 17.9 Å². The van der Waals surface area contributed by atoms with E-state index in [0.29, 0.717) is 19.5 Å². The van der Waals surface area contributed by atoms with Gasteiger partial charge in [-0.2, -0.15) is 0 Å². The summed E-state index contributed by atoms with van der Waals surface area (Å²) >= 11 is 1.68. The third-order valence-electron chi connectivity index (χ3n) is 2.95. The average Bonchev–Trinajstić information content (AvgIpc) is 3.08. The molecular formula is C15H19NO2S. The van der Waals surface area contributed by atoms with Crippen LogP contribution in [0.25, 0.3) is 0 Å². The molecule has 1 amide bonds. The second kappa shape index (κ2) is 7.14. The number of unbranched alkanes of at least 4 members (excludes halogenated alkanes) is 1. The molecule has 2 aromatic heterocycles. The van der Waals surface area contributed by atoms with Crippen LogP contribution in [0, 0.1) is 0 Å². The lowest BCUT2D eigenvalue weighted by molar-refractivity contribution is -0.132. The van der Waals surface area contributed by atoms with Gasteiger partial charge in [0.25, 0.3) is 0 Å². The smallest absolute Gasteiger partial charge is 0.223 e. The Balaban J connectivity index is 2.01.